The number of nitrogens with one attached hydrogen (secondary N) is 2. The third-order valence-corrected chi connectivity index (χ3v) is 7.34. The van der Waals surface area contributed by atoms with Crippen LogP contribution in [0.4, 0.5) is 20.2 Å². The van der Waals surface area contributed by atoms with Gasteiger partial charge in [0.1, 0.15) is 10.2 Å². The van der Waals surface area contributed by atoms with Gasteiger partial charge in [-0.1, -0.05) is 47.5 Å². The third-order valence-electron chi connectivity index (χ3n) is 5.64. The Labute approximate surface area is 230 Å². The summed E-state index contributed by atoms with van der Waals surface area (Å²) in [5.74, 6) is -4.48. The Kier molecular flexibility index (Phi) is 7.56. The van der Waals surface area contributed by atoms with E-state index in [1.54, 1.807) is 18.2 Å². The maximum Gasteiger partial charge on any atom is 0.257 e. The molecule has 0 aliphatic heterocycles. The third kappa shape index (κ3) is 5.20. The van der Waals surface area contributed by atoms with Crippen molar-refractivity contribution in [1.82, 2.24) is 0 Å². The number of hydrogen-bond donors (Lipinski definition) is 2. The first kappa shape index (κ1) is 26.7. The lowest BCUT2D eigenvalue weighted by atomic mass is 10.1. The fourth-order valence-corrected chi connectivity index (χ4v) is 5.44. The van der Waals surface area contributed by atoms with Crippen molar-refractivity contribution in [2.24, 2.45) is 5.92 Å². The highest BCUT2D eigenvalue weighted by Gasteiger charge is 2.67. The Morgan fingerprint density at radius 3 is 2.25 bits per heavy atom. The van der Waals surface area contributed by atoms with E-state index in [-0.39, 0.29) is 27.5 Å². The molecular formula is C25H15Cl5F2N2O2. The van der Waals surface area contributed by atoms with Crippen molar-refractivity contribution in [2.75, 3.05) is 10.6 Å². The number of halogens is 7. The zero-order valence-corrected chi connectivity index (χ0v) is 21.8. The molecule has 11 heteroatoms. The molecule has 2 N–H and O–H groups in total. The van der Waals surface area contributed by atoms with E-state index in [0.717, 1.165) is 18.2 Å². The summed E-state index contributed by atoms with van der Waals surface area (Å²) in [6, 6.07) is 11.0. The lowest BCUT2D eigenvalue weighted by Gasteiger charge is -2.12. The number of amides is 2. The first-order valence-corrected chi connectivity index (χ1v) is 12.2. The molecule has 0 bridgehead atoms. The molecule has 0 saturated heterocycles. The molecule has 4 rings (SSSR count). The Morgan fingerprint density at radius 1 is 0.944 bits per heavy atom. The number of benzene rings is 3. The molecule has 0 spiro atoms. The molecule has 3 aromatic carbocycles. The maximum absolute atomic E-state index is 14.5. The van der Waals surface area contributed by atoms with Gasteiger partial charge in [0.05, 0.1) is 22.2 Å². The molecule has 0 aromatic heterocycles. The molecule has 1 aliphatic rings. The maximum atomic E-state index is 14.5. The van der Waals surface area contributed by atoms with Gasteiger partial charge in [-0.25, -0.2) is 8.78 Å². The second kappa shape index (κ2) is 10.2. The van der Waals surface area contributed by atoms with E-state index in [4.69, 9.17) is 58.0 Å². The van der Waals surface area contributed by atoms with Gasteiger partial charge in [-0.05, 0) is 54.1 Å². The van der Waals surface area contributed by atoms with Gasteiger partial charge in [-0.2, -0.15) is 0 Å². The van der Waals surface area contributed by atoms with Gasteiger partial charge in [0, 0.05) is 27.2 Å². The molecule has 2 atom stereocenters. The van der Waals surface area contributed by atoms with Crippen molar-refractivity contribution in [3.63, 3.8) is 0 Å². The smallest absolute Gasteiger partial charge is 0.257 e. The molecule has 1 saturated carbocycles. The van der Waals surface area contributed by atoms with Gasteiger partial charge in [0.25, 0.3) is 5.91 Å². The number of anilines is 2. The van der Waals surface area contributed by atoms with Crippen LogP contribution in [0.1, 0.15) is 27.4 Å². The average molecular weight is 591 g/mol. The largest absolute Gasteiger partial charge is 0.326 e. The predicted octanol–water partition coefficient (Wildman–Crippen LogP) is 8.35. The van der Waals surface area contributed by atoms with Crippen molar-refractivity contribution in [1.29, 1.82) is 0 Å². The zero-order valence-electron chi connectivity index (χ0n) is 18.0. The molecule has 1 aliphatic carbocycles. The Balaban J connectivity index is 1.53. The molecule has 4 nitrogen and oxygen atoms in total. The highest BCUT2D eigenvalue weighted by Crippen LogP contribution is 2.65. The minimum atomic E-state index is -1.40. The summed E-state index contributed by atoms with van der Waals surface area (Å²) in [5.41, 5.74) is 0.117. The summed E-state index contributed by atoms with van der Waals surface area (Å²) in [6.45, 7) is 3.36. The molecule has 3 aromatic rings. The van der Waals surface area contributed by atoms with Gasteiger partial charge in [-0.15, -0.1) is 23.2 Å². The lowest BCUT2D eigenvalue weighted by Crippen LogP contribution is -2.18. The van der Waals surface area contributed by atoms with E-state index < -0.39 is 39.6 Å². The van der Waals surface area contributed by atoms with Crippen molar-refractivity contribution in [3.8, 4) is 0 Å². The number of hydrogen-bond acceptors (Lipinski definition) is 2. The Bertz CT molecular complexity index is 1390. The molecular weight excluding hydrogens is 576 g/mol. The molecule has 186 valence electrons. The molecule has 36 heavy (non-hydrogen) atoms. The van der Waals surface area contributed by atoms with E-state index in [1.165, 1.54) is 18.2 Å². The standard InChI is InChI=1S/C25H15Cl5F2N2O2/c1-2-15-18(31)5-6-19(22(15)32)34-23(35)16-10-14(3-4-17(16)28)33-24(36)21-20(25(21,29)30)11-7-12(26)9-13(27)8-11/h2-10,20-21H,1H2,(H,33,36)(H,34,35). The minimum absolute atomic E-state index is 0.0406. The molecule has 1 fully saturated rings. The first-order valence-electron chi connectivity index (χ1n) is 10.3. The van der Waals surface area contributed by atoms with Gasteiger partial charge >= 0.3 is 0 Å². The molecule has 0 heterocycles. The van der Waals surface area contributed by atoms with Gasteiger partial charge in [0.15, 0.2) is 5.82 Å². The SMILES string of the molecule is C=Cc1c(F)ccc(NC(=O)c2cc(NC(=O)C3C(c4cc(Cl)cc(Cl)c4)C3(Cl)Cl)ccc2Cl)c1F. The van der Waals surface area contributed by atoms with E-state index in [0.29, 0.717) is 15.6 Å². The molecule has 2 unspecified atom stereocenters. The molecule has 0 radical (unpaired) electrons. The first-order chi connectivity index (χ1) is 16.9. The quantitative estimate of drug-likeness (QED) is 0.284. The summed E-state index contributed by atoms with van der Waals surface area (Å²) >= 11 is 31.0. The summed E-state index contributed by atoms with van der Waals surface area (Å²) in [7, 11) is 0. The number of carbonyl (C=O) groups excluding carboxylic acids is 2. The van der Waals surface area contributed by atoms with Crippen LogP contribution in [0.5, 0.6) is 0 Å². The Hall–Kier alpha value is -2.35. The number of rotatable bonds is 6. The second-order valence-corrected chi connectivity index (χ2v) is 10.7. The van der Waals surface area contributed by atoms with Crippen molar-refractivity contribution < 1.29 is 18.4 Å². The molecule has 2 amide bonds. The van der Waals surface area contributed by atoms with Crippen molar-refractivity contribution in [3.05, 3.63) is 98.5 Å². The minimum Gasteiger partial charge on any atom is -0.326 e. The summed E-state index contributed by atoms with van der Waals surface area (Å²) < 4.78 is 26.8. The predicted molar refractivity (Wildman–Crippen MR) is 142 cm³/mol. The van der Waals surface area contributed by atoms with Crippen LogP contribution < -0.4 is 10.6 Å². The van der Waals surface area contributed by atoms with E-state index in [1.807, 2.05) is 0 Å². The Morgan fingerprint density at radius 2 is 1.61 bits per heavy atom. The number of carbonyl (C=O) groups is 2. The van der Waals surface area contributed by atoms with Crippen LogP contribution in [0.2, 0.25) is 15.1 Å². The van der Waals surface area contributed by atoms with Crippen LogP contribution in [0.3, 0.4) is 0 Å². The van der Waals surface area contributed by atoms with Crippen LogP contribution in [0.15, 0.2) is 55.1 Å². The van der Waals surface area contributed by atoms with Crippen LogP contribution in [-0.4, -0.2) is 16.1 Å². The topological polar surface area (TPSA) is 58.2 Å². The summed E-state index contributed by atoms with van der Waals surface area (Å²) in [6.07, 6.45) is 1.000. The monoisotopic (exact) mass is 588 g/mol. The summed E-state index contributed by atoms with van der Waals surface area (Å²) in [4.78, 5) is 25.8. The fraction of sp³-hybridized carbons (Fsp3) is 0.120. The van der Waals surface area contributed by atoms with Gasteiger partial charge in [0.2, 0.25) is 5.91 Å². The normalized spacial score (nSPS) is 17.9. The second-order valence-electron chi connectivity index (χ2n) is 8.00. The van der Waals surface area contributed by atoms with Gasteiger partial charge in [-0.3, -0.25) is 9.59 Å². The van der Waals surface area contributed by atoms with Crippen molar-refractivity contribution in [2.45, 2.75) is 10.3 Å². The van der Waals surface area contributed by atoms with Crippen LogP contribution in [0, 0.1) is 17.6 Å². The van der Waals surface area contributed by atoms with Crippen LogP contribution >= 0.6 is 58.0 Å². The summed E-state index contributed by atoms with van der Waals surface area (Å²) in [5, 5.41) is 5.80. The fourth-order valence-electron chi connectivity index (χ4n) is 3.86. The lowest BCUT2D eigenvalue weighted by molar-refractivity contribution is -0.117. The zero-order chi connectivity index (χ0) is 26.4. The van der Waals surface area contributed by atoms with E-state index in [9.17, 15) is 18.4 Å². The van der Waals surface area contributed by atoms with Crippen LogP contribution in [-0.2, 0) is 4.79 Å². The van der Waals surface area contributed by atoms with Crippen molar-refractivity contribution >= 4 is 87.3 Å². The van der Waals surface area contributed by atoms with Gasteiger partial charge < -0.3 is 10.6 Å². The van der Waals surface area contributed by atoms with E-state index >= 15 is 0 Å². The highest BCUT2D eigenvalue weighted by atomic mass is 35.5. The average Bonchev–Trinajstić information content (AvgIpc) is 3.38. The van der Waals surface area contributed by atoms with E-state index in [2.05, 4.69) is 17.2 Å². The highest BCUT2D eigenvalue weighted by molar-refractivity contribution is 6.53. The number of alkyl halides is 2. The van der Waals surface area contributed by atoms with Crippen LogP contribution in [0.25, 0.3) is 6.08 Å².